The van der Waals surface area contributed by atoms with Crippen LogP contribution in [0.1, 0.15) is 23.6 Å². The molecule has 2 heteroatoms. The van der Waals surface area contributed by atoms with E-state index in [2.05, 4.69) is 134 Å². The minimum Gasteiger partial charge on any atom is -0.309 e. The minimum absolute atomic E-state index is 0.556. The van der Waals surface area contributed by atoms with Crippen LogP contribution < -0.4 is 4.90 Å². The number of fused-ring (bicyclic) bond motifs is 3. The smallest absolute Gasteiger partial charge is 0.0581 e. The second kappa shape index (κ2) is 9.36. The van der Waals surface area contributed by atoms with Gasteiger partial charge in [-0.05, 0) is 94.3 Å². The summed E-state index contributed by atoms with van der Waals surface area (Å²) in [5.74, 6) is 0. The van der Waals surface area contributed by atoms with E-state index in [9.17, 15) is 0 Å². The van der Waals surface area contributed by atoms with Crippen molar-refractivity contribution in [1.82, 2.24) is 0 Å². The summed E-state index contributed by atoms with van der Waals surface area (Å²) in [5.41, 5.74) is 14.7. The SMILES string of the molecule is CC(=N)c1cccc(C)c1N(c1cccc(-c2ccc3c4c(cccc24)-c2ccccc2-3)c1)c1ccccc1C. The van der Waals surface area contributed by atoms with Crippen LogP contribution in [0.4, 0.5) is 17.1 Å². The molecule has 1 N–H and O–H groups in total. The van der Waals surface area contributed by atoms with Crippen LogP contribution in [0, 0.1) is 19.3 Å². The maximum Gasteiger partial charge on any atom is 0.0581 e. The highest BCUT2D eigenvalue weighted by Crippen LogP contribution is 2.49. The topological polar surface area (TPSA) is 27.1 Å². The van der Waals surface area contributed by atoms with Gasteiger partial charge in [0.15, 0.2) is 0 Å². The van der Waals surface area contributed by atoms with E-state index in [1.807, 2.05) is 13.0 Å². The highest BCUT2D eigenvalue weighted by atomic mass is 15.1. The lowest BCUT2D eigenvalue weighted by Gasteiger charge is -2.30. The fourth-order valence-electron chi connectivity index (χ4n) is 6.33. The summed E-state index contributed by atoms with van der Waals surface area (Å²) in [4.78, 5) is 2.33. The number of hydrogen-bond acceptors (Lipinski definition) is 2. The van der Waals surface area contributed by atoms with E-state index in [1.165, 1.54) is 49.7 Å². The molecule has 0 aliphatic heterocycles. The Bertz CT molecular complexity index is 1930. The molecule has 192 valence electrons. The molecule has 0 aromatic heterocycles. The number of nitrogens with one attached hydrogen (secondary N) is 1. The third kappa shape index (κ3) is 3.68. The van der Waals surface area contributed by atoms with Gasteiger partial charge in [0.25, 0.3) is 0 Å². The van der Waals surface area contributed by atoms with Crippen molar-refractivity contribution in [3.05, 3.63) is 138 Å². The second-order valence-corrected chi connectivity index (χ2v) is 10.7. The van der Waals surface area contributed by atoms with Crippen molar-refractivity contribution in [2.45, 2.75) is 20.8 Å². The molecule has 0 fully saturated rings. The summed E-state index contributed by atoms with van der Waals surface area (Å²) in [6.07, 6.45) is 0. The molecule has 40 heavy (non-hydrogen) atoms. The molecule has 0 amide bonds. The summed E-state index contributed by atoms with van der Waals surface area (Å²) >= 11 is 0. The number of nitrogens with zero attached hydrogens (tertiary/aromatic N) is 1. The molecule has 1 aliphatic rings. The normalized spacial score (nSPS) is 11.5. The summed E-state index contributed by atoms with van der Waals surface area (Å²) in [7, 11) is 0. The lowest BCUT2D eigenvalue weighted by atomic mass is 9.93. The zero-order valence-corrected chi connectivity index (χ0v) is 23.0. The average molecular weight is 515 g/mol. The molecule has 0 heterocycles. The fourth-order valence-corrected chi connectivity index (χ4v) is 6.33. The Morgan fingerprint density at radius 1 is 0.575 bits per heavy atom. The molecule has 0 unspecified atom stereocenters. The van der Waals surface area contributed by atoms with Gasteiger partial charge in [-0.3, -0.25) is 0 Å². The quantitative estimate of drug-likeness (QED) is 0.227. The van der Waals surface area contributed by atoms with Crippen LogP contribution in [-0.4, -0.2) is 5.71 Å². The van der Waals surface area contributed by atoms with Crippen molar-refractivity contribution < 1.29 is 0 Å². The number of hydrogen-bond donors (Lipinski definition) is 1. The first-order valence-electron chi connectivity index (χ1n) is 13.8. The Hall–Kier alpha value is -4.95. The van der Waals surface area contributed by atoms with Gasteiger partial charge >= 0.3 is 0 Å². The largest absolute Gasteiger partial charge is 0.309 e. The van der Waals surface area contributed by atoms with E-state index in [-0.39, 0.29) is 0 Å². The van der Waals surface area contributed by atoms with Crippen LogP contribution in [0.2, 0.25) is 0 Å². The summed E-state index contributed by atoms with van der Waals surface area (Å²) < 4.78 is 0. The van der Waals surface area contributed by atoms with E-state index in [4.69, 9.17) is 5.41 Å². The van der Waals surface area contributed by atoms with E-state index in [1.54, 1.807) is 0 Å². The zero-order valence-electron chi connectivity index (χ0n) is 23.0. The first-order valence-corrected chi connectivity index (χ1v) is 13.8. The Morgan fingerprint density at radius 2 is 1.20 bits per heavy atom. The number of para-hydroxylation sites is 2. The van der Waals surface area contributed by atoms with Gasteiger partial charge in [-0.1, -0.05) is 103 Å². The predicted octanol–water partition coefficient (Wildman–Crippen LogP) is 10.6. The van der Waals surface area contributed by atoms with Crippen molar-refractivity contribution in [3.8, 4) is 33.4 Å². The first-order chi connectivity index (χ1) is 19.5. The van der Waals surface area contributed by atoms with E-state index < -0.39 is 0 Å². The van der Waals surface area contributed by atoms with Gasteiger partial charge in [0.2, 0.25) is 0 Å². The summed E-state index contributed by atoms with van der Waals surface area (Å²) in [5, 5.41) is 11.2. The van der Waals surface area contributed by atoms with Gasteiger partial charge < -0.3 is 10.3 Å². The van der Waals surface area contributed by atoms with Crippen LogP contribution in [0.5, 0.6) is 0 Å². The summed E-state index contributed by atoms with van der Waals surface area (Å²) in [6, 6.07) is 43.6. The van der Waals surface area contributed by atoms with Crippen molar-refractivity contribution >= 4 is 33.5 Å². The molecule has 1 aliphatic carbocycles. The first kappa shape index (κ1) is 24.1. The van der Waals surface area contributed by atoms with E-state index >= 15 is 0 Å². The number of anilines is 3. The molecule has 2 nitrogen and oxygen atoms in total. The number of aryl methyl sites for hydroxylation is 2. The molecule has 0 bridgehead atoms. The summed E-state index contributed by atoms with van der Waals surface area (Å²) in [6.45, 7) is 6.16. The lowest BCUT2D eigenvalue weighted by molar-refractivity contribution is 1.22. The van der Waals surface area contributed by atoms with Crippen molar-refractivity contribution in [2.75, 3.05) is 4.90 Å². The highest BCUT2D eigenvalue weighted by molar-refractivity contribution is 6.18. The Balaban J connectivity index is 1.46. The van der Waals surface area contributed by atoms with Gasteiger partial charge in [0.05, 0.1) is 5.69 Å². The molecule has 0 saturated carbocycles. The average Bonchev–Trinajstić information content (AvgIpc) is 3.30. The molecule has 0 radical (unpaired) electrons. The van der Waals surface area contributed by atoms with Crippen LogP contribution in [-0.2, 0) is 0 Å². The zero-order chi connectivity index (χ0) is 27.4. The number of rotatable bonds is 5. The maximum atomic E-state index is 8.59. The van der Waals surface area contributed by atoms with Gasteiger partial charge in [0, 0.05) is 22.6 Å². The third-order valence-electron chi connectivity index (χ3n) is 8.19. The monoisotopic (exact) mass is 514 g/mol. The molecule has 0 spiro atoms. The van der Waals surface area contributed by atoms with Gasteiger partial charge in [-0.15, -0.1) is 0 Å². The van der Waals surface area contributed by atoms with Gasteiger partial charge in [-0.25, -0.2) is 0 Å². The molecular weight excluding hydrogens is 484 g/mol. The minimum atomic E-state index is 0.556. The van der Waals surface area contributed by atoms with Crippen LogP contribution >= 0.6 is 0 Å². The van der Waals surface area contributed by atoms with E-state index in [0.717, 1.165) is 28.2 Å². The standard InChI is InChI=1S/C38H30N2/c1-24-11-4-7-20-36(24)40(38-25(2)12-8-17-29(38)26(3)39)28-14-9-13-27(23-28)30-21-22-35-32-16-6-5-15-31(32)34-19-10-18-33(30)37(34)35/h4-23,39H,1-3H3. The van der Waals surface area contributed by atoms with E-state index in [0.29, 0.717) is 5.71 Å². The number of benzene rings is 6. The third-order valence-corrected chi connectivity index (χ3v) is 8.19. The maximum absolute atomic E-state index is 8.59. The fraction of sp³-hybridized carbons (Fsp3) is 0.0789. The van der Waals surface area contributed by atoms with Crippen molar-refractivity contribution in [3.63, 3.8) is 0 Å². The van der Waals surface area contributed by atoms with Crippen LogP contribution in [0.15, 0.2) is 121 Å². The van der Waals surface area contributed by atoms with Crippen molar-refractivity contribution in [1.29, 1.82) is 5.41 Å². The Kier molecular flexibility index (Phi) is 5.64. The van der Waals surface area contributed by atoms with Crippen molar-refractivity contribution in [2.24, 2.45) is 0 Å². The second-order valence-electron chi connectivity index (χ2n) is 10.7. The highest BCUT2D eigenvalue weighted by Gasteiger charge is 2.24. The van der Waals surface area contributed by atoms with Crippen LogP contribution in [0.3, 0.4) is 0 Å². The van der Waals surface area contributed by atoms with Gasteiger partial charge in [0.1, 0.15) is 0 Å². The Morgan fingerprint density at radius 3 is 1.98 bits per heavy atom. The molecule has 0 atom stereocenters. The molecular formula is C38H30N2. The molecule has 7 rings (SSSR count). The van der Waals surface area contributed by atoms with Gasteiger partial charge in [-0.2, -0.15) is 0 Å². The lowest BCUT2D eigenvalue weighted by Crippen LogP contribution is -2.16. The molecule has 0 saturated heterocycles. The Labute approximate surface area is 235 Å². The molecule has 6 aromatic rings. The molecule has 6 aromatic carbocycles. The predicted molar refractivity (Wildman–Crippen MR) is 170 cm³/mol. The van der Waals surface area contributed by atoms with Crippen LogP contribution in [0.25, 0.3) is 44.2 Å².